The lowest BCUT2D eigenvalue weighted by molar-refractivity contribution is -0.0363. The highest BCUT2D eigenvalue weighted by Gasteiger charge is 2.47. The zero-order chi connectivity index (χ0) is 18.1. The lowest BCUT2D eigenvalue weighted by Gasteiger charge is -2.38. The number of piperidine rings is 1. The molecule has 6 nitrogen and oxygen atoms in total. The number of ether oxygens (including phenoxy) is 2. The number of fused-ring (bicyclic) bond motifs is 2. The Balaban J connectivity index is 1.42. The number of anilines is 1. The van der Waals surface area contributed by atoms with Crippen LogP contribution in [0.4, 0.5) is 10.5 Å². The first-order valence-corrected chi connectivity index (χ1v) is 8.64. The number of likely N-dealkylation sites (tertiary alicyclic amines) is 1. The first kappa shape index (κ1) is 16.4. The van der Waals surface area contributed by atoms with Gasteiger partial charge in [-0.25, -0.2) is 9.59 Å². The summed E-state index contributed by atoms with van der Waals surface area (Å²) in [4.78, 5) is 26.4. The molecular formula is C20H20N2O4. The Bertz CT molecular complexity index is 839. The molecule has 0 aromatic heterocycles. The van der Waals surface area contributed by atoms with E-state index in [4.69, 9.17) is 9.47 Å². The number of benzene rings is 2. The van der Waals surface area contributed by atoms with Gasteiger partial charge in [-0.3, -0.25) is 0 Å². The molecule has 2 amide bonds. The highest BCUT2D eigenvalue weighted by atomic mass is 16.6. The minimum atomic E-state index is -0.593. The lowest BCUT2D eigenvalue weighted by Crippen LogP contribution is -2.46. The summed E-state index contributed by atoms with van der Waals surface area (Å²) in [5.41, 5.74) is 1.71. The second-order valence-electron chi connectivity index (χ2n) is 6.58. The molecule has 0 bridgehead atoms. The number of urea groups is 1. The van der Waals surface area contributed by atoms with Crippen LogP contribution in [-0.4, -0.2) is 37.1 Å². The van der Waals surface area contributed by atoms with E-state index in [1.807, 2.05) is 18.2 Å². The van der Waals surface area contributed by atoms with Crippen LogP contribution in [0.3, 0.4) is 0 Å². The van der Waals surface area contributed by atoms with Crippen molar-refractivity contribution in [1.29, 1.82) is 0 Å². The maximum atomic E-state index is 12.5. The summed E-state index contributed by atoms with van der Waals surface area (Å²) < 4.78 is 10.8. The fourth-order valence-corrected chi connectivity index (χ4v) is 3.67. The number of nitrogens with one attached hydrogen (secondary N) is 1. The molecule has 0 aliphatic carbocycles. The van der Waals surface area contributed by atoms with Crippen LogP contribution in [0.15, 0.2) is 48.5 Å². The number of hydrogen-bond acceptors (Lipinski definition) is 4. The van der Waals surface area contributed by atoms with Gasteiger partial charge in [0, 0.05) is 37.2 Å². The van der Waals surface area contributed by atoms with Gasteiger partial charge in [0.25, 0.3) is 0 Å². The molecule has 2 aromatic carbocycles. The van der Waals surface area contributed by atoms with Crippen LogP contribution in [0.25, 0.3) is 0 Å². The standard InChI is InChI=1S/C20H20N2O4/c1-25-15-8-6-14(7-9-15)21-19(24)22-12-10-20(11-13-22)17-5-3-2-4-16(17)18(23)26-20/h2-9H,10-13H2,1H3,(H,21,24). The number of hydrogen-bond donors (Lipinski definition) is 1. The molecule has 2 aliphatic heterocycles. The first-order chi connectivity index (χ1) is 12.6. The van der Waals surface area contributed by atoms with E-state index in [9.17, 15) is 9.59 Å². The fourth-order valence-electron chi connectivity index (χ4n) is 3.67. The van der Waals surface area contributed by atoms with Crippen LogP contribution in [0.2, 0.25) is 0 Å². The van der Waals surface area contributed by atoms with E-state index >= 15 is 0 Å². The Morgan fingerprint density at radius 1 is 1.12 bits per heavy atom. The maximum Gasteiger partial charge on any atom is 0.339 e. The molecular weight excluding hydrogens is 332 g/mol. The van der Waals surface area contributed by atoms with Gasteiger partial charge in [0.15, 0.2) is 0 Å². The molecule has 0 radical (unpaired) electrons. The minimum absolute atomic E-state index is 0.150. The molecule has 2 aliphatic rings. The second-order valence-corrected chi connectivity index (χ2v) is 6.58. The monoisotopic (exact) mass is 352 g/mol. The highest BCUT2D eigenvalue weighted by Crippen LogP contribution is 2.43. The molecule has 2 heterocycles. The Morgan fingerprint density at radius 3 is 2.50 bits per heavy atom. The molecule has 0 atom stereocenters. The molecule has 1 N–H and O–H groups in total. The molecule has 0 saturated carbocycles. The number of methoxy groups -OCH3 is 1. The molecule has 1 saturated heterocycles. The van der Waals surface area contributed by atoms with E-state index in [-0.39, 0.29) is 12.0 Å². The van der Waals surface area contributed by atoms with E-state index in [0.717, 1.165) is 11.3 Å². The van der Waals surface area contributed by atoms with Crippen LogP contribution in [-0.2, 0) is 10.3 Å². The van der Waals surface area contributed by atoms with Crippen molar-refractivity contribution in [3.63, 3.8) is 0 Å². The van der Waals surface area contributed by atoms with Crippen LogP contribution in [0, 0.1) is 0 Å². The van der Waals surface area contributed by atoms with Gasteiger partial charge in [0.2, 0.25) is 0 Å². The van der Waals surface area contributed by atoms with Crippen molar-refractivity contribution < 1.29 is 19.1 Å². The minimum Gasteiger partial charge on any atom is -0.497 e. The van der Waals surface area contributed by atoms with Crippen molar-refractivity contribution in [2.75, 3.05) is 25.5 Å². The SMILES string of the molecule is COc1ccc(NC(=O)N2CCC3(CC2)OC(=O)c2ccccc23)cc1. The molecule has 0 unspecified atom stereocenters. The van der Waals surface area contributed by atoms with Gasteiger partial charge < -0.3 is 19.7 Å². The third-order valence-electron chi connectivity index (χ3n) is 5.13. The molecule has 26 heavy (non-hydrogen) atoms. The van der Waals surface area contributed by atoms with Crippen LogP contribution in [0.5, 0.6) is 5.75 Å². The molecule has 2 aromatic rings. The lowest BCUT2D eigenvalue weighted by atomic mass is 9.84. The number of esters is 1. The van der Waals surface area contributed by atoms with Gasteiger partial charge in [-0.15, -0.1) is 0 Å². The normalized spacial score (nSPS) is 17.6. The predicted octanol–water partition coefficient (Wildman–Crippen LogP) is 3.39. The number of amides is 2. The first-order valence-electron chi connectivity index (χ1n) is 8.64. The van der Waals surface area contributed by atoms with Gasteiger partial charge >= 0.3 is 12.0 Å². The summed E-state index contributed by atoms with van der Waals surface area (Å²) in [6.45, 7) is 1.06. The van der Waals surface area contributed by atoms with E-state index in [1.54, 1.807) is 42.3 Å². The van der Waals surface area contributed by atoms with Gasteiger partial charge in [-0.05, 0) is 30.3 Å². The number of rotatable bonds is 2. The van der Waals surface area contributed by atoms with E-state index < -0.39 is 5.60 Å². The number of nitrogens with zero attached hydrogens (tertiary/aromatic N) is 1. The molecule has 134 valence electrons. The third-order valence-corrected chi connectivity index (χ3v) is 5.13. The summed E-state index contributed by atoms with van der Waals surface area (Å²) in [5.74, 6) is 0.473. The summed E-state index contributed by atoms with van der Waals surface area (Å²) >= 11 is 0. The van der Waals surface area contributed by atoms with Crippen molar-refractivity contribution >= 4 is 17.7 Å². The van der Waals surface area contributed by atoms with Crippen molar-refractivity contribution in [1.82, 2.24) is 4.90 Å². The van der Waals surface area contributed by atoms with E-state index in [2.05, 4.69) is 5.32 Å². The largest absolute Gasteiger partial charge is 0.497 e. The topological polar surface area (TPSA) is 67.9 Å². The van der Waals surface area contributed by atoms with Crippen LogP contribution in [0.1, 0.15) is 28.8 Å². The van der Waals surface area contributed by atoms with Crippen molar-refractivity contribution in [2.45, 2.75) is 18.4 Å². The summed E-state index contributed by atoms with van der Waals surface area (Å²) in [5, 5.41) is 2.89. The van der Waals surface area contributed by atoms with Crippen LogP contribution < -0.4 is 10.1 Å². The van der Waals surface area contributed by atoms with Crippen LogP contribution >= 0.6 is 0 Å². The number of carbonyl (C=O) groups is 2. The summed E-state index contributed by atoms with van der Waals surface area (Å²) in [7, 11) is 1.60. The second kappa shape index (κ2) is 6.37. The molecule has 4 rings (SSSR count). The average Bonchev–Trinajstić information content (AvgIpc) is 2.95. The quantitative estimate of drug-likeness (QED) is 0.841. The molecule has 1 fully saturated rings. The predicted molar refractivity (Wildman–Crippen MR) is 96.4 cm³/mol. The van der Waals surface area contributed by atoms with Gasteiger partial charge in [0.05, 0.1) is 12.7 Å². The average molecular weight is 352 g/mol. The van der Waals surface area contributed by atoms with E-state index in [1.165, 1.54) is 0 Å². The maximum absolute atomic E-state index is 12.5. The van der Waals surface area contributed by atoms with Crippen molar-refractivity contribution in [3.8, 4) is 5.75 Å². The Hall–Kier alpha value is -3.02. The Labute approximate surface area is 151 Å². The zero-order valence-corrected chi connectivity index (χ0v) is 14.5. The zero-order valence-electron chi connectivity index (χ0n) is 14.5. The molecule has 6 heteroatoms. The Morgan fingerprint density at radius 2 is 1.81 bits per heavy atom. The summed E-state index contributed by atoms with van der Waals surface area (Å²) in [6, 6.07) is 14.6. The highest BCUT2D eigenvalue weighted by molar-refractivity contribution is 5.95. The summed E-state index contributed by atoms with van der Waals surface area (Å²) in [6.07, 6.45) is 1.21. The van der Waals surface area contributed by atoms with Gasteiger partial charge in [0.1, 0.15) is 11.4 Å². The smallest absolute Gasteiger partial charge is 0.339 e. The fraction of sp³-hybridized carbons (Fsp3) is 0.300. The van der Waals surface area contributed by atoms with Gasteiger partial charge in [-0.2, -0.15) is 0 Å². The Kier molecular flexibility index (Phi) is 4.03. The van der Waals surface area contributed by atoms with Gasteiger partial charge in [-0.1, -0.05) is 18.2 Å². The number of carbonyl (C=O) groups excluding carboxylic acids is 2. The third kappa shape index (κ3) is 2.77. The van der Waals surface area contributed by atoms with Crippen molar-refractivity contribution in [3.05, 3.63) is 59.7 Å². The van der Waals surface area contributed by atoms with Crippen molar-refractivity contribution in [2.24, 2.45) is 0 Å². The molecule has 1 spiro atoms. The van der Waals surface area contributed by atoms with E-state index in [0.29, 0.717) is 37.2 Å².